The molecule has 2 saturated heterocycles. The summed E-state index contributed by atoms with van der Waals surface area (Å²) in [4.78, 5) is 38.4. The van der Waals surface area contributed by atoms with Gasteiger partial charge in [0.1, 0.15) is 26.7 Å². The van der Waals surface area contributed by atoms with E-state index < -0.39 is 93.6 Å². The molecule has 0 spiro atoms. The van der Waals surface area contributed by atoms with Crippen LogP contribution in [0.1, 0.15) is 19.8 Å². The van der Waals surface area contributed by atoms with Gasteiger partial charge in [0.25, 0.3) is 0 Å². The van der Waals surface area contributed by atoms with Crippen LogP contribution < -0.4 is 0 Å². The van der Waals surface area contributed by atoms with Crippen molar-refractivity contribution in [2.45, 2.75) is 56.3 Å². The molecule has 2 heterocycles. The normalized spacial score (nSPS) is 36.2. The van der Waals surface area contributed by atoms with E-state index in [1.165, 1.54) is 0 Å². The molecule has 0 aromatic carbocycles. The summed E-state index contributed by atoms with van der Waals surface area (Å²) in [6.07, 6.45) is -6.11. The van der Waals surface area contributed by atoms with Crippen molar-refractivity contribution in [1.82, 2.24) is 0 Å². The predicted molar refractivity (Wildman–Crippen MR) is 116 cm³/mol. The van der Waals surface area contributed by atoms with E-state index in [1.807, 2.05) is 0 Å². The molecule has 0 bridgehead atoms. The van der Waals surface area contributed by atoms with E-state index in [0.717, 1.165) is 6.92 Å². The van der Waals surface area contributed by atoms with Gasteiger partial charge in [-0.3, -0.25) is 18.1 Å². The second-order valence-electron chi connectivity index (χ2n) is 7.73. The summed E-state index contributed by atoms with van der Waals surface area (Å²) in [5, 5.41) is 9.79. The average Bonchev–Trinajstić information content (AvgIpc) is 3.24. The van der Waals surface area contributed by atoms with Crippen molar-refractivity contribution in [3.05, 3.63) is 0 Å². The van der Waals surface area contributed by atoms with Crippen LogP contribution in [-0.2, 0) is 49.9 Å². The molecule has 35 heavy (non-hydrogen) atoms. The number of hydrogen-bond donors (Lipinski definition) is 5. The standard InChI is InChI=1S/C13H28BFO16P4/c1-2-32(17,18)30-35(23,24)31-34(21,22)26-7-12-10(4-13(14)28-12)29-33(19,20)25-6-11-9(16)3-8(5-15)27-11/h8-13,16H,2-7,14H2,1H3,(H,17,18)(H,19,20)(H,21,22)(H,23,24)/t8-,9+,10+,11-,12-,13-/m1/s1. The summed E-state index contributed by atoms with van der Waals surface area (Å²) in [6, 6.07) is -0.574. The van der Waals surface area contributed by atoms with Gasteiger partial charge in [0.2, 0.25) is 0 Å². The van der Waals surface area contributed by atoms with Gasteiger partial charge in [-0.1, -0.05) is 6.92 Å². The number of ether oxygens (including phenoxy) is 2. The molecule has 16 nitrogen and oxygen atoms in total. The van der Waals surface area contributed by atoms with Gasteiger partial charge >= 0.3 is 31.1 Å². The highest BCUT2D eigenvalue weighted by molar-refractivity contribution is 7.68. The minimum absolute atomic E-state index is 0.0107. The molecule has 2 aliphatic heterocycles. The Bertz CT molecular complexity index is 909. The van der Waals surface area contributed by atoms with Gasteiger partial charge in [0, 0.05) is 18.6 Å². The first-order valence-electron chi connectivity index (χ1n) is 10.2. The average molecular weight is 594 g/mol. The van der Waals surface area contributed by atoms with Crippen LogP contribution >= 0.6 is 31.1 Å². The van der Waals surface area contributed by atoms with Crippen molar-refractivity contribution in [3.8, 4) is 0 Å². The highest BCUT2D eigenvalue weighted by Gasteiger charge is 2.44. The summed E-state index contributed by atoms with van der Waals surface area (Å²) >= 11 is 0. The van der Waals surface area contributed by atoms with E-state index in [9.17, 15) is 47.3 Å². The molecule has 5 N–H and O–H groups in total. The predicted octanol–water partition coefficient (Wildman–Crippen LogP) is 0.180. The largest absolute Gasteiger partial charge is 0.488 e. The number of aliphatic hydroxyl groups is 1. The summed E-state index contributed by atoms with van der Waals surface area (Å²) in [5.74, 6) is 0. The van der Waals surface area contributed by atoms with E-state index in [0.29, 0.717) is 0 Å². The molecule has 2 aliphatic rings. The molecule has 2 rings (SSSR count). The van der Waals surface area contributed by atoms with Gasteiger partial charge in [-0.25, -0.2) is 22.4 Å². The fourth-order valence-electron chi connectivity index (χ4n) is 3.17. The number of alkyl halides is 1. The van der Waals surface area contributed by atoms with E-state index >= 15 is 0 Å². The third kappa shape index (κ3) is 10.6. The first-order chi connectivity index (χ1) is 16.0. The zero-order valence-corrected chi connectivity index (χ0v) is 22.2. The summed E-state index contributed by atoms with van der Waals surface area (Å²) in [5.41, 5.74) is 0. The molecular formula is C13H28BFO16P4. The van der Waals surface area contributed by atoms with Crippen molar-refractivity contribution in [2.75, 3.05) is 26.1 Å². The minimum atomic E-state index is -5.49. The topological polar surface area (TPSA) is 234 Å². The first-order valence-corrected chi connectivity index (χ1v) is 16.5. The number of aliphatic hydroxyl groups excluding tert-OH is 1. The van der Waals surface area contributed by atoms with Crippen LogP contribution in [0.15, 0.2) is 0 Å². The fourth-order valence-corrected chi connectivity index (χ4v) is 7.83. The van der Waals surface area contributed by atoms with E-state index in [1.54, 1.807) is 7.85 Å². The molecule has 206 valence electrons. The molecule has 4 unspecified atom stereocenters. The first kappa shape index (κ1) is 31.7. The van der Waals surface area contributed by atoms with E-state index in [4.69, 9.17) is 18.5 Å². The highest BCUT2D eigenvalue weighted by atomic mass is 31.3. The maximum absolute atomic E-state index is 12.7. The molecule has 0 aromatic rings. The third-order valence-electron chi connectivity index (χ3n) is 4.77. The van der Waals surface area contributed by atoms with Crippen molar-refractivity contribution in [3.63, 3.8) is 0 Å². The Morgan fingerprint density at radius 2 is 1.51 bits per heavy atom. The molecule has 0 saturated carbocycles. The molecular weight excluding hydrogens is 566 g/mol. The Morgan fingerprint density at radius 3 is 2.09 bits per heavy atom. The lowest BCUT2D eigenvalue weighted by Gasteiger charge is -2.23. The van der Waals surface area contributed by atoms with Crippen LogP contribution in [0.25, 0.3) is 0 Å². The van der Waals surface area contributed by atoms with Crippen LogP contribution in [0, 0.1) is 0 Å². The second-order valence-corrected chi connectivity index (χ2v) is 14.5. The van der Waals surface area contributed by atoms with Crippen LogP contribution in [0.2, 0.25) is 0 Å². The van der Waals surface area contributed by atoms with Crippen molar-refractivity contribution < 1.29 is 79.0 Å². The SMILES string of the molecule is B[C@H]1C[C@H](OP(=O)(O)OC[C@H]2O[C@@H](CF)C[C@@H]2O)[C@@H](COP(=O)(O)OP(=O)(O)OP(=O)(O)CC)O1. The zero-order valence-electron chi connectivity index (χ0n) is 18.6. The quantitative estimate of drug-likeness (QED) is 0.133. The van der Waals surface area contributed by atoms with Crippen LogP contribution in [0.5, 0.6) is 0 Å². The molecule has 0 radical (unpaired) electrons. The number of halogens is 1. The Morgan fingerprint density at radius 1 is 0.914 bits per heavy atom. The van der Waals surface area contributed by atoms with Crippen molar-refractivity contribution in [2.24, 2.45) is 0 Å². The van der Waals surface area contributed by atoms with Crippen molar-refractivity contribution >= 4 is 38.9 Å². The summed E-state index contributed by atoms with van der Waals surface area (Å²) in [6.45, 7) is -1.13. The third-order valence-corrected chi connectivity index (χ3v) is 10.6. The fraction of sp³-hybridized carbons (Fsp3) is 1.00. The smallest absolute Gasteiger partial charge is 0.390 e. The van der Waals surface area contributed by atoms with Crippen LogP contribution in [-0.4, -0.2) is 95.1 Å². The maximum Gasteiger partial charge on any atom is 0.488 e. The molecule has 0 aliphatic carbocycles. The van der Waals surface area contributed by atoms with Gasteiger partial charge in [-0.15, -0.1) is 0 Å². The molecule has 10 atom stereocenters. The molecule has 0 aromatic heterocycles. The zero-order chi connectivity index (χ0) is 26.7. The van der Waals surface area contributed by atoms with Gasteiger partial charge in [0.15, 0.2) is 0 Å². The Balaban J connectivity index is 1.91. The van der Waals surface area contributed by atoms with Gasteiger partial charge in [-0.05, 0) is 6.42 Å². The Kier molecular flexibility index (Phi) is 11.3. The number of phosphoric ester groups is 2. The maximum atomic E-state index is 12.7. The lowest BCUT2D eigenvalue weighted by atomic mass is 9.96. The van der Waals surface area contributed by atoms with E-state index in [2.05, 4.69) is 13.1 Å². The molecule has 22 heteroatoms. The molecule has 0 amide bonds. The molecule has 2 fully saturated rings. The van der Waals surface area contributed by atoms with Gasteiger partial charge in [-0.2, -0.15) is 4.31 Å². The minimum Gasteiger partial charge on any atom is -0.390 e. The lowest BCUT2D eigenvalue weighted by molar-refractivity contribution is -0.0371. The van der Waals surface area contributed by atoms with Gasteiger partial charge in [0.05, 0.1) is 31.5 Å². The second kappa shape index (κ2) is 12.5. The number of hydrogen-bond acceptors (Lipinski definition) is 12. The Labute approximate surface area is 200 Å². The van der Waals surface area contributed by atoms with Crippen LogP contribution in [0.4, 0.5) is 4.39 Å². The Hall–Kier alpha value is 0.435. The van der Waals surface area contributed by atoms with Crippen LogP contribution in [0.3, 0.4) is 0 Å². The summed E-state index contributed by atoms with van der Waals surface area (Å²) in [7, 11) is -18.6. The lowest BCUT2D eigenvalue weighted by Crippen LogP contribution is -2.30. The summed E-state index contributed by atoms with van der Waals surface area (Å²) < 4.78 is 93.0. The number of phosphoric acid groups is 3. The number of rotatable bonds is 14. The van der Waals surface area contributed by atoms with E-state index in [-0.39, 0.29) is 12.8 Å². The van der Waals surface area contributed by atoms with Gasteiger partial charge < -0.3 is 34.2 Å². The monoisotopic (exact) mass is 594 g/mol. The highest BCUT2D eigenvalue weighted by Crippen LogP contribution is 2.67. The van der Waals surface area contributed by atoms with Crippen molar-refractivity contribution in [1.29, 1.82) is 0 Å².